The van der Waals surface area contributed by atoms with Crippen molar-refractivity contribution in [1.29, 1.82) is 0 Å². The Labute approximate surface area is 188 Å². The molecule has 0 spiro atoms. The predicted molar refractivity (Wildman–Crippen MR) is 114 cm³/mol. The largest absolute Gasteiger partial charge is 0.381 e. The van der Waals surface area contributed by atoms with Crippen molar-refractivity contribution in [2.24, 2.45) is 0 Å². The van der Waals surface area contributed by atoms with Crippen LogP contribution in [0, 0.1) is 23.3 Å². The SMILES string of the molecule is C[C@@H](N1CCC(Nc2ccc(F)cc2F)CC1)[C@](O)(Cn1cncn1)c1ccc(F)cc1F. The number of piperidine rings is 1. The van der Waals surface area contributed by atoms with Crippen LogP contribution in [0.15, 0.2) is 49.1 Å². The zero-order chi connectivity index (χ0) is 23.6. The van der Waals surface area contributed by atoms with Crippen LogP contribution in [0.5, 0.6) is 0 Å². The molecule has 1 fully saturated rings. The Morgan fingerprint density at radius 2 is 1.73 bits per heavy atom. The Morgan fingerprint density at radius 1 is 1.06 bits per heavy atom. The zero-order valence-corrected chi connectivity index (χ0v) is 18.1. The monoisotopic (exact) mass is 463 g/mol. The lowest BCUT2D eigenvalue weighted by Crippen LogP contribution is -2.55. The summed E-state index contributed by atoms with van der Waals surface area (Å²) in [6, 6.07) is 5.93. The maximum absolute atomic E-state index is 14.7. The molecule has 4 rings (SSSR count). The van der Waals surface area contributed by atoms with Crippen LogP contribution in [0.3, 0.4) is 0 Å². The molecule has 0 aliphatic carbocycles. The summed E-state index contributed by atoms with van der Waals surface area (Å²) in [6.45, 7) is 2.80. The molecule has 2 aromatic carbocycles. The van der Waals surface area contributed by atoms with Gasteiger partial charge in [-0.15, -0.1) is 0 Å². The number of nitrogens with one attached hydrogen (secondary N) is 1. The molecule has 176 valence electrons. The van der Waals surface area contributed by atoms with Gasteiger partial charge < -0.3 is 10.4 Å². The van der Waals surface area contributed by atoms with E-state index in [1.54, 1.807) is 6.92 Å². The van der Waals surface area contributed by atoms with E-state index in [-0.39, 0.29) is 23.8 Å². The fourth-order valence-corrected chi connectivity index (χ4v) is 4.40. The van der Waals surface area contributed by atoms with Crippen LogP contribution >= 0.6 is 0 Å². The minimum Gasteiger partial charge on any atom is -0.381 e. The van der Waals surface area contributed by atoms with Crippen LogP contribution in [-0.2, 0) is 12.1 Å². The quantitative estimate of drug-likeness (QED) is 0.524. The number of anilines is 1. The highest BCUT2D eigenvalue weighted by Crippen LogP contribution is 2.34. The Bertz CT molecular complexity index is 1090. The van der Waals surface area contributed by atoms with E-state index in [1.807, 2.05) is 4.90 Å². The lowest BCUT2D eigenvalue weighted by atomic mass is 9.84. The highest BCUT2D eigenvalue weighted by atomic mass is 19.1. The van der Waals surface area contributed by atoms with Gasteiger partial charge in [-0.1, -0.05) is 6.07 Å². The fraction of sp³-hybridized carbons (Fsp3) is 0.391. The van der Waals surface area contributed by atoms with Crippen LogP contribution in [0.4, 0.5) is 23.2 Å². The number of likely N-dealkylation sites (tertiary alicyclic amines) is 1. The molecule has 2 atom stereocenters. The first-order valence-electron chi connectivity index (χ1n) is 10.7. The third-order valence-corrected chi connectivity index (χ3v) is 6.33. The molecule has 1 aliphatic rings. The smallest absolute Gasteiger partial charge is 0.149 e. The number of hydrogen-bond acceptors (Lipinski definition) is 5. The second kappa shape index (κ2) is 9.48. The first-order valence-corrected chi connectivity index (χ1v) is 10.7. The third kappa shape index (κ3) is 5.01. The fourth-order valence-electron chi connectivity index (χ4n) is 4.40. The van der Waals surface area contributed by atoms with Gasteiger partial charge in [0.2, 0.25) is 0 Å². The molecule has 33 heavy (non-hydrogen) atoms. The molecular formula is C23H25F4N5O. The van der Waals surface area contributed by atoms with Gasteiger partial charge in [0.25, 0.3) is 0 Å². The van der Waals surface area contributed by atoms with Crippen molar-refractivity contribution < 1.29 is 22.7 Å². The van der Waals surface area contributed by atoms with Crippen LogP contribution in [-0.4, -0.2) is 49.9 Å². The van der Waals surface area contributed by atoms with Gasteiger partial charge in [0.05, 0.1) is 12.2 Å². The summed E-state index contributed by atoms with van der Waals surface area (Å²) in [5, 5.41) is 18.9. The summed E-state index contributed by atoms with van der Waals surface area (Å²) in [7, 11) is 0. The van der Waals surface area contributed by atoms with Gasteiger partial charge in [-0.05, 0) is 38.0 Å². The third-order valence-electron chi connectivity index (χ3n) is 6.33. The topological polar surface area (TPSA) is 66.2 Å². The molecule has 2 N–H and O–H groups in total. The minimum atomic E-state index is -1.71. The van der Waals surface area contributed by atoms with Crippen molar-refractivity contribution in [1.82, 2.24) is 19.7 Å². The molecular weight excluding hydrogens is 438 g/mol. The summed E-state index contributed by atoms with van der Waals surface area (Å²) in [5.41, 5.74) is -1.51. The van der Waals surface area contributed by atoms with Crippen molar-refractivity contribution >= 4 is 5.69 Å². The van der Waals surface area contributed by atoms with Gasteiger partial charge >= 0.3 is 0 Å². The number of benzene rings is 2. The average molecular weight is 463 g/mol. The molecule has 0 radical (unpaired) electrons. The van der Waals surface area contributed by atoms with E-state index in [9.17, 15) is 22.7 Å². The van der Waals surface area contributed by atoms with Gasteiger partial charge in [-0.3, -0.25) is 4.90 Å². The molecule has 1 aliphatic heterocycles. The van der Waals surface area contributed by atoms with E-state index in [0.717, 1.165) is 18.2 Å². The van der Waals surface area contributed by atoms with Gasteiger partial charge in [-0.25, -0.2) is 27.2 Å². The maximum atomic E-state index is 14.7. The van der Waals surface area contributed by atoms with E-state index in [2.05, 4.69) is 15.4 Å². The average Bonchev–Trinajstić information content (AvgIpc) is 3.28. The van der Waals surface area contributed by atoms with E-state index < -0.39 is 34.9 Å². The summed E-state index contributed by atoms with van der Waals surface area (Å²) in [6.07, 6.45) is 4.00. The molecule has 1 saturated heterocycles. The van der Waals surface area contributed by atoms with Crippen molar-refractivity contribution in [2.45, 2.75) is 44.0 Å². The molecule has 3 aromatic rings. The van der Waals surface area contributed by atoms with Crippen LogP contribution < -0.4 is 5.32 Å². The highest BCUT2D eigenvalue weighted by molar-refractivity contribution is 5.45. The predicted octanol–water partition coefficient (Wildman–Crippen LogP) is 3.69. The molecule has 0 bridgehead atoms. The Morgan fingerprint density at radius 3 is 2.33 bits per heavy atom. The molecule has 0 amide bonds. The van der Waals surface area contributed by atoms with Gasteiger partial charge in [-0.2, -0.15) is 5.10 Å². The van der Waals surface area contributed by atoms with Gasteiger partial charge in [0.1, 0.15) is 41.5 Å². The number of hydrogen-bond donors (Lipinski definition) is 2. The van der Waals surface area contributed by atoms with Gasteiger partial charge in [0.15, 0.2) is 0 Å². The van der Waals surface area contributed by atoms with Crippen molar-refractivity contribution in [3.05, 3.63) is 77.9 Å². The number of aromatic nitrogens is 3. The summed E-state index contributed by atoms with van der Waals surface area (Å²) in [5.74, 6) is -2.86. The van der Waals surface area contributed by atoms with Gasteiger partial charge in [0, 0.05) is 42.9 Å². The van der Waals surface area contributed by atoms with Crippen LogP contribution in [0.1, 0.15) is 25.3 Å². The van der Waals surface area contributed by atoms with E-state index in [0.29, 0.717) is 25.9 Å². The number of halogens is 4. The standard InChI is InChI=1S/C23H25F4N5O/c1-15(31-8-6-18(7-9-31)30-22-5-3-17(25)11-21(22)27)23(33,12-32-14-28-13-29-32)19-4-2-16(24)10-20(19)26/h2-5,10-11,13-15,18,30,33H,6-9,12H2,1H3/t15-,23-/m1/s1. The number of rotatable bonds is 7. The lowest BCUT2D eigenvalue weighted by Gasteiger charge is -2.44. The highest BCUT2D eigenvalue weighted by Gasteiger charge is 2.42. The second-order valence-corrected chi connectivity index (χ2v) is 8.40. The Hall–Kier alpha value is -2.98. The summed E-state index contributed by atoms with van der Waals surface area (Å²) < 4.78 is 56.8. The molecule has 6 nitrogen and oxygen atoms in total. The molecule has 0 saturated carbocycles. The Balaban J connectivity index is 1.50. The maximum Gasteiger partial charge on any atom is 0.149 e. The zero-order valence-electron chi connectivity index (χ0n) is 18.1. The molecule has 10 heteroatoms. The molecule has 0 unspecified atom stereocenters. The second-order valence-electron chi connectivity index (χ2n) is 8.40. The van der Waals surface area contributed by atoms with Crippen LogP contribution in [0.25, 0.3) is 0 Å². The van der Waals surface area contributed by atoms with Crippen molar-refractivity contribution in [3.63, 3.8) is 0 Å². The van der Waals surface area contributed by atoms with E-state index in [1.165, 1.54) is 35.5 Å². The normalized spacial score (nSPS) is 18.1. The summed E-state index contributed by atoms with van der Waals surface area (Å²) >= 11 is 0. The Kier molecular flexibility index (Phi) is 6.66. The summed E-state index contributed by atoms with van der Waals surface area (Å²) in [4.78, 5) is 5.89. The minimum absolute atomic E-state index is 0.0273. The molecule has 2 heterocycles. The number of nitrogens with zero attached hydrogens (tertiary/aromatic N) is 4. The first kappa shape index (κ1) is 23.2. The van der Waals surface area contributed by atoms with Crippen LogP contribution in [0.2, 0.25) is 0 Å². The molecule has 1 aromatic heterocycles. The van der Waals surface area contributed by atoms with Crippen molar-refractivity contribution in [3.8, 4) is 0 Å². The number of aliphatic hydroxyl groups is 1. The first-order chi connectivity index (χ1) is 15.8. The lowest BCUT2D eigenvalue weighted by molar-refractivity contribution is -0.0686. The van der Waals surface area contributed by atoms with E-state index in [4.69, 9.17) is 0 Å². The van der Waals surface area contributed by atoms with Crippen molar-refractivity contribution in [2.75, 3.05) is 18.4 Å². The van der Waals surface area contributed by atoms with E-state index >= 15 is 0 Å².